The number of nitrogens with one attached hydrogen (secondary N) is 2. The number of fused-ring (bicyclic) bond motifs is 1. The second-order valence-electron chi connectivity index (χ2n) is 4.58. The molecule has 1 aliphatic heterocycles. The minimum Gasteiger partial charge on any atom is -0.320 e. The number of carbonyl (C=O) groups excluding carboxylic acids is 1. The van der Waals surface area contributed by atoms with Crippen LogP contribution < -0.4 is 10.6 Å². The molecule has 0 radical (unpaired) electrons. The van der Waals surface area contributed by atoms with E-state index in [-0.39, 0.29) is 5.91 Å². The summed E-state index contributed by atoms with van der Waals surface area (Å²) in [4.78, 5) is 16.3. The van der Waals surface area contributed by atoms with Gasteiger partial charge in [0.2, 0.25) is 0 Å². The lowest BCUT2D eigenvalue weighted by Crippen LogP contribution is -2.25. The molecule has 1 amide bonds. The Morgan fingerprint density at radius 1 is 1.47 bits per heavy atom. The normalized spacial score (nSPS) is 13.9. The van der Waals surface area contributed by atoms with Crippen LogP contribution in [-0.4, -0.2) is 17.4 Å². The molecular weight excluding hydrogens is 258 g/mol. The summed E-state index contributed by atoms with van der Waals surface area (Å²) in [5.41, 5.74) is 3.88. The highest BCUT2D eigenvalue weighted by Gasteiger charge is 2.15. The highest BCUT2D eigenvalue weighted by atomic mass is 32.1. The molecule has 0 spiro atoms. The number of thiazole rings is 1. The van der Waals surface area contributed by atoms with Crippen LogP contribution in [0.1, 0.15) is 26.6 Å². The van der Waals surface area contributed by atoms with Crippen LogP contribution in [0.3, 0.4) is 0 Å². The molecule has 1 aromatic heterocycles. The molecule has 19 heavy (non-hydrogen) atoms. The topological polar surface area (TPSA) is 54.0 Å². The first-order chi connectivity index (χ1) is 9.24. The van der Waals surface area contributed by atoms with Gasteiger partial charge in [-0.25, -0.2) is 4.98 Å². The lowest BCUT2D eigenvalue weighted by Gasteiger charge is -2.20. The van der Waals surface area contributed by atoms with E-state index < -0.39 is 0 Å². The number of aryl methyl sites for hydroxylation is 1. The Morgan fingerprint density at radius 2 is 2.37 bits per heavy atom. The molecule has 1 aromatic carbocycles. The van der Waals surface area contributed by atoms with Crippen LogP contribution in [0.4, 0.5) is 5.69 Å². The number of rotatable bonds is 2. The molecule has 0 atom stereocenters. The average Bonchev–Trinajstić information content (AvgIpc) is 2.86. The van der Waals surface area contributed by atoms with Gasteiger partial charge < -0.3 is 10.6 Å². The van der Waals surface area contributed by atoms with Crippen molar-refractivity contribution in [3.05, 3.63) is 45.4 Å². The zero-order chi connectivity index (χ0) is 13.2. The molecule has 2 aromatic rings. The van der Waals surface area contributed by atoms with Crippen LogP contribution >= 0.6 is 11.3 Å². The predicted molar refractivity (Wildman–Crippen MR) is 76.7 cm³/mol. The van der Waals surface area contributed by atoms with Crippen LogP contribution in [0.5, 0.6) is 0 Å². The fourth-order valence-electron chi connectivity index (χ4n) is 2.29. The van der Waals surface area contributed by atoms with Crippen LogP contribution in [0.2, 0.25) is 0 Å². The number of aromatic nitrogens is 1. The number of anilines is 1. The highest BCUT2D eigenvalue weighted by molar-refractivity contribution is 7.09. The Bertz CT molecular complexity index is 621. The maximum absolute atomic E-state index is 12.1. The number of nitrogens with zero attached hydrogens (tertiary/aromatic N) is 1. The molecule has 4 nitrogen and oxygen atoms in total. The Hall–Kier alpha value is -1.72. The van der Waals surface area contributed by atoms with Crippen LogP contribution in [0.15, 0.2) is 23.6 Å². The van der Waals surface area contributed by atoms with Gasteiger partial charge >= 0.3 is 0 Å². The van der Waals surface area contributed by atoms with Crippen molar-refractivity contribution < 1.29 is 4.79 Å². The summed E-state index contributed by atoms with van der Waals surface area (Å²) in [5.74, 6) is -0.136. The van der Waals surface area contributed by atoms with E-state index in [1.165, 1.54) is 22.5 Å². The van der Waals surface area contributed by atoms with Crippen molar-refractivity contribution in [1.82, 2.24) is 10.3 Å². The zero-order valence-electron chi connectivity index (χ0n) is 10.7. The van der Waals surface area contributed by atoms with E-state index in [2.05, 4.69) is 21.7 Å². The quantitative estimate of drug-likeness (QED) is 0.883. The zero-order valence-corrected chi connectivity index (χ0v) is 11.5. The second-order valence-corrected chi connectivity index (χ2v) is 5.64. The molecule has 0 saturated carbocycles. The smallest absolute Gasteiger partial charge is 0.275 e. The minimum atomic E-state index is -0.136. The number of carbonyl (C=O) groups is 1. The first kappa shape index (κ1) is 12.3. The van der Waals surface area contributed by atoms with Gasteiger partial charge in [0.25, 0.3) is 5.91 Å². The van der Waals surface area contributed by atoms with E-state index >= 15 is 0 Å². The molecule has 0 fully saturated rings. The molecule has 0 bridgehead atoms. The van der Waals surface area contributed by atoms with Crippen LogP contribution in [0, 0.1) is 6.92 Å². The number of hydrogen-bond donors (Lipinski definition) is 2. The van der Waals surface area contributed by atoms with Crippen LogP contribution in [-0.2, 0) is 13.0 Å². The third-order valence-corrected chi connectivity index (χ3v) is 4.02. The van der Waals surface area contributed by atoms with E-state index in [1.807, 2.05) is 19.1 Å². The van der Waals surface area contributed by atoms with Crippen molar-refractivity contribution in [2.75, 3.05) is 11.9 Å². The van der Waals surface area contributed by atoms with E-state index in [4.69, 9.17) is 0 Å². The maximum Gasteiger partial charge on any atom is 0.275 e. The molecule has 0 aliphatic carbocycles. The first-order valence-corrected chi connectivity index (χ1v) is 7.17. The summed E-state index contributed by atoms with van der Waals surface area (Å²) in [5, 5.41) is 8.99. The van der Waals surface area contributed by atoms with Crippen molar-refractivity contribution in [3.8, 4) is 0 Å². The van der Waals surface area contributed by atoms with Gasteiger partial charge in [0.05, 0.1) is 5.01 Å². The fourth-order valence-corrected chi connectivity index (χ4v) is 2.88. The maximum atomic E-state index is 12.1. The molecule has 0 saturated heterocycles. The monoisotopic (exact) mass is 273 g/mol. The van der Waals surface area contributed by atoms with Gasteiger partial charge in [-0.15, -0.1) is 11.3 Å². The Labute approximate surface area is 115 Å². The van der Waals surface area contributed by atoms with Gasteiger partial charge in [-0.05, 0) is 37.1 Å². The molecule has 5 heteroatoms. The van der Waals surface area contributed by atoms with Gasteiger partial charge in [-0.2, -0.15) is 0 Å². The number of hydrogen-bond acceptors (Lipinski definition) is 4. The highest BCUT2D eigenvalue weighted by Crippen LogP contribution is 2.23. The molecule has 3 rings (SSSR count). The van der Waals surface area contributed by atoms with Gasteiger partial charge in [-0.3, -0.25) is 4.79 Å². The number of benzene rings is 1. The summed E-state index contributed by atoms with van der Waals surface area (Å²) in [6.45, 7) is 3.70. The van der Waals surface area contributed by atoms with Crippen molar-refractivity contribution in [1.29, 1.82) is 0 Å². The fraction of sp³-hybridized carbons (Fsp3) is 0.286. The molecule has 1 aliphatic rings. The van der Waals surface area contributed by atoms with E-state index in [1.54, 1.807) is 5.38 Å². The summed E-state index contributed by atoms with van der Waals surface area (Å²) < 4.78 is 0. The molecule has 0 unspecified atom stereocenters. The third-order valence-electron chi connectivity index (χ3n) is 3.25. The largest absolute Gasteiger partial charge is 0.320 e. The summed E-state index contributed by atoms with van der Waals surface area (Å²) in [6, 6.07) is 6.06. The third kappa shape index (κ3) is 2.52. The average molecular weight is 273 g/mol. The van der Waals surface area contributed by atoms with E-state index in [9.17, 15) is 4.79 Å². The molecular formula is C14H15N3OS. The molecule has 2 N–H and O–H groups in total. The predicted octanol–water partition coefficient (Wildman–Crippen LogP) is 2.35. The Balaban J connectivity index is 1.85. The summed E-state index contributed by atoms with van der Waals surface area (Å²) in [7, 11) is 0. The van der Waals surface area contributed by atoms with Gasteiger partial charge in [-0.1, -0.05) is 12.1 Å². The number of amides is 1. The van der Waals surface area contributed by atoms with Crippen molar-refractivity contribution >= 4 is 22.9 Å². The van der Waals surface area contributed by atoms with Crippen molar-refractivity contribution in [2.45, 2.75) is 19.9 Å². The van der Waals surface area contributed by atoms with E-state index in [0.29, 0.717) is 5.69 Å². The summed E-state index contributed by atoms with van der Waals surface area (Å²) >= 11 is 1.49. The lowest BCUT2D eigenvalue weighted by molar-refractivity contribution is 0.102. The summed E-state index contributed by atoms with van der Waals surface area (Å²) in [6.07, 6.45) is 1.01. The van der Waals surface area contributed by atoms with Gasteiger partial charge in [0, 0.05) is 17.6 Å². The second kappa shape index (κ2) is 5.11. The molecule has 98 valence electrons. The van der Waals surface area contributed by atoms with Crippen molar-refractivity contribution in [3.63, 3.8) is 0 Å². The Kier molecular flexibility index (Phi) is 3.31. The van der Waals surface area contributed by atoms with Crippen molar-refractivity contribution in [2.24, 2.45) is 0 Å². The van der Waals surface area contributed by atoms with Gasteiger partial charge in [0.1, 0.15) is 5.69 Å². The minimum absolute atomic E-state index is 0.136. The standard InChI is InChI=1S/C14H15N3OS/c1-9-16-13(8-19-9)14(18)17-12-4-2-3-10-5-6-15-7-11(10)12/h2-4,8,15H,5-7H2,1H3,(H,17,18). The molecule has 2 heterocycles. The lowest BCUT2D eigenvalue weighted by atomic mass is 9.99. The Morgan fingerprint density at radius 3 is 3.16 bits per heavy atom. The first-order valence-electron chi connectivity index (χ1n) is 6.29. The van der Waals surface area contributed by atoms with E-state index in [0.717, 1.165) is 30.2 Å². The van der Waals surface area contributed by atoms with Crippen LogP contribution in [0.25, 0.3) is 0 Å². The van der Waals surface area contributed by atoms with Gasteiger partial charge in [0.15, 0.2) is 0 Å². The SMILES string of the molecule is Cc1nc(C(=O)Nc2cccc3c2CNCC3)cs1.